The van der Waals surface area contributed by atoms with Gasteiger partial charge in [-0.3, -0.25) is 4.79 Å². The van der Waals surface area contributed by atoms with Crippen molar-refractivity contribution < 1.29 is 4.79 Å². The molecule has 1 aromatic carbocycles. The Morgan fingerprint density at radius 3 is 2.84 bits per heavy atom. The summed E-state index contributed by atoms with van der Waals surface area (Å²) in [6.07, 6.45) is 2.14. The van der Waals surface area contributed by atoms with Gasteiger partial charge in [0.05, 0.1) is 16.3 Å². The van der Waals surface area contributed by atoms with Gasteiger partial charge in [0.2, 0.25) is 5.91 Å². The van der Waals surface area contributed by atoms with E-state index in [0.29, 0.717) is 32.1 Å². The van der Waals surface area contributed by atoms with Crippen molar-refractivity contribution in [1.29, 1.82) is 5.26 Å². The fourth-order valence-electron chi connectivity index (χ4n) is 2.12. The molecule has 0 aliphatic rings. The first-order valence-corrected chi connectivity index (χ1v) is 9.55. The minimum absolute atomic E-state index is 0.167. The molecule has 0 saturated carbocycles. The number of carbonyl (C=O) groups excluding carboxylic acids is 1. The second kappa shape index (κ2) is 9.67. The van der Waals surface area contributed by atoms with Crippen molar-refractivity contribution in [2.24, 2.45) is 0 Å². The number of anilines is 1. The Bertz CT molecular complexity index is 805. The van der Waals surface area contributed by atoms with Gasteiger partial charge < -0.3 is 5.32 Å². The second-order valence-corrected chi connectivity index (χ2v) is 7.22. The molecule has 4 nitrogen and oxygen atoms in total. The summed E-state index contributed by atoms with van der Waals surface area (Å²) in [5.74, 6) is 0.348. The Morgan fingerprint density at radius 2 is 2.12 bits per heavy atom. The summed E-state index contributed by atoms with van der Waals surface area (Å²) in [4.78, 5) is 16.6. The number of hydrogen-bond donors (Lipinski definition) is 1. The summed E-state index contributed by atoms with van der Waals surface area (Å²) in [7, 11) is 0. The number of nitrogens with one attached hydrogen (secondary N) is 1. The first-order valence-electron chi connectivity index (χ1n) is 7.81. The maximum Gasteiger partial charge on any atom is 0.225 e. The van der Waals surface area contributed by atoms with Gasteiger partial charge in [0, 0.05) is 22.9 Å². The van der Waals surface area contributed by atoms with Crippen molar-refractivity contribution >= 4 is 46.6 Å². The van der Waals surface area contributed by atoms with Gasteiger partial charge >= 0.3 is 0 Å². The lowest BCUT2D eigenvalue weighted by atomic mass is 10.2. The molecule has 1 aromatic heterocycles. The average molecular weight is 394 g/mol. The number of amides is 1. The molecule has 0 radical (unpaired) electrons. The van der Waals surface area contributed by atoms with Gasteiger partial charge in [0.25, 0.3) is 0 Å². The van der Waals surface area contributed by atoms with Crippen LogP contribution in [0.2, 0.25) is 10.0 Å². The van der Waals surface area contributed by atoms with Crippen LogP contribution in [-0.2, 0) is 11.2 Å². The topological polar surface area (TPSA) is 65.8 Å². The minimum Gasteiger partial charge on any atom is -0.325 e. The van der Waals surface area contributed by atoms with Crippen LogP contribution in [0.3, 0.4) is 0 Å². The predicted octanol–water partition coefficient (Wildman–Crippen LogP) is 5.33. The Morgan fingerprint density at radius 1 is 1.32 bits per heavy atom. The molecule has 1 N–H and O–H groups in total. The molecule has 7 heteroatoms. The SMILES string of the molecule is CCCc1ccc(C#N)c(SCCC(=O)Nc2cc(Cl)ccc2Cl)n1. The number of rotatable bonds is 7. The van der Waals surface area contributed by atoms with Crippen LogP contribution in [0.25, 0.3) is 0 Å². The van der Waals surface area contributed by atoms with Crippen molar-refractivity contribution in [2.75, 3.05) is 11.1 Å². The highest BCUT2D eigenvalue weighted by Gasteiger charge is 2.10. The van der Waals surface area contributed by atoms with Crippen molar-refractivity contribution in [3.05, 3.63) is 51.6 Å². The summed E-state index contributed by atoms with van der Waals surface area (Å²) < 4.78 is 0. The van der Waals surface area contributed by atoms with Crippen LogP contribution in [0.15, 0.2) is 35.4 Å². The number of nitrogens with zero attached hydrogens (tertiary/aromatic N) is 2. The lowest BCUT2D eigenvalue weighted by Crippen LogP contribution is -2.12. The normalized spacial score (nSPS) is 10.3. The van der Waals surface area contributed by atoms with Gasteiger partial charge in [-0.1, -0.05) is 36.5 Å². The summed E-state index contributed by atoms with van der Waals surface area (Å²) in [6, 6.07) is 10.7. The number of thioether (sulfide) groups is 1. The summed E-state index contributed by atoms with van der Waals surface area (Å²) in [5, 5.41) is 13.5. The van der Waals surface area contributed by atoms with Gasteiger partial charge in [0.15, 0.2) is 0 Å². The third kappa shape index (κ3) is 5.93. The van der Waals surface area contributed by atoms with Gasteiger partial charge in [-0.25, -0.2) is 4.98 Å². The zero-order valence-electron chi connectivity index (χ0n) is 13.7. The number of nitriles is 1. The standard InChI is InChI=1S/C18H17Cl2N3OS/c1-2-3-14-6-4-12(11-21)18(22-14)25-9-8-17(24)23-16-10-13(19)5-7-15(16)20/h4-7,10H,2-3,8-9H2,1H3,(H,23,24). The van der Waals surface area contributed by atoms with Crippen LogP contribution in [-0.4, -0.2) is 16.6 Å². The molecule has 0 atom stereocenters. The van der Waals surface area contributed by atoms with Crippen molar-refractivity contribution in [1.82, 2.24) is 4.98 Å². The average Bonchev–Trinajstić information content (AvgIpc) is 2.59. The number of pyridine rings is 1. The smallest absolute Gasteiger partial charge is 0.225 e. The number of benzene rings is 1. The highest BCUT2D eigenvalue weighted by atomic mass is 35.5. The molecule has 2 rings (SSSR count). The number of carbonyl (C=O) groups is 1. The Hall–Kier alpha value is -1.74. The van der Waals surface area contributed by atoms with Crippen LogP contribution in [0, 0.1) is 11.3 Å². The molecular formula is C18H17Cl2N3OS. The zero-order valence-corrected chi connectivity index (χ0v) is 16.0. The van der Waals surface area contributed by atoms with Gasteiger partial charge in [0.1, 0.15) is 11.1 Å². The van der Waals surface area contributed by atoms with E-state index < -0.39 is 0 Å². The number of halogens is 2. The number of aryl methyl sites for hydroxylation is 1. The largest absolute Gasteiger partial charge is 0.325 e. The highest BCUT2D eigenvalue weighted by Crippen LogP contribution is 2.26. The van der Waals surface area contributed by atoms with Gasteiger partial charge in [-0.05, 0) is 36.8 Å². The Labute approximate surface area is 161 Å². The van der Waals surface area contributed by atoms with Crippen LogP contribution < -0.4 is 5.32 Å². The van der Waals surface area contributed by atoms with E-state index in [1.807, 2.05) is 6.07 Å². The summed E-state index contributed by atoms with van der Waals surface area (Å²) >= 11 is 13.3. The minimum atomic E-state index is -0.167. The third-order valence-electron chi connectivity index (χ3n) is 3.31. The van der Waals surface area contributed by atoms with Gasteiger partial charge in [-0.15, -0.1) is 11.8 Å². The Balaban J connectivity index is 1.94. The van der Waals surface area contributed by atoms with E-state index in [-0.39, 0.29) is 12.3 Å². The molecule has 0 fully saturated rings. The molecule has 0 bridgehead atoms. The van der Waals surface area contributed by atoms with E-state index in [1.54, 1.807) is 24.3 Å². The van der Waals surface area contributed by atoms with Crippen molar-refractivity contribution in [2.45, 2.75) is 31.2 Å². The van der Waals surface area contributed by atoms with Crippen LogP contribution in [0.5, 0.6) is 0 Å². The molecule has 0 unspecified atom stereocenters. The van der Waals surface area contributed by atoms with Crippen LogP contribution in [0.1, 0.15) is 31.0 Å². The summed E-state index contributed by atoms with van der Waals surface area (Å²) in [5.41, 5.74) is 1.98. The van der Waals surface area contributed by atoms with Crippen molar-refractivity contribution in [3.8, 4) is 6.07 Å². The third-order valence-corrected chi connectivity index (χ3v) is 4.87. The van der Waals surface area contributed by atoms with E-state index in [1.165, 1.54) is 11.8 Å². The molecule has 0 saturated heterocycles. The van der Waals surface area contributed by atoms with E-state index in [2.05, 4.69) is 23.3 Å². The number of aromatic nitrogens is 1. The zero-order chi connectivity index (χ0) is 18.2. The van der Waals surface area contributed by atoms with Gasteiger partial charge in [-0.2, -0.15) is 5.26 Å². The quantitative estimate of drug-likeness (QED) is 0.645. The fourth-order valence-corrected chi connectivity index (χ4v) is 3.38. The van der Waals surface area contributed by atoms with Crippen molar-refractivity contribution in [3.63, 3.8) is 0 Å². The molecule has 1 amide bonds. The molecule has 0 aliphatic heterocycles. The second-order valence-electron chi connectivity index (χ2n) is 5.29. The first kappa shape index (κ1) is 19.6. The fraction of sp³-hybridized carbons (Fsp3) is 0.278. The molecule has 2 aromatic rings. The van der Waals surface area contributed by atoms with E-state index in [9.17, 15) is 10.1 Å². The molecular weight excluding hydrogens is 377 g/mol. The predicted molar refractivity (Wildman–Crippen MR) is 103 cm³/mol. The summed E-state index contributed by atoms with van der Waals surface area (Å²) in [6.45, 7) is 2.08. The first-order chi connectivity index (χ1) is 12.0. The lowest BCUT2D eigenvalue weighted by Gasteiger charge is -2.08. The maximum absolute atomic E-state index is 12.1. The molecule has 1 heterocycles. The van der Waals surface area contributed by atoms with Crippen LogP contribution in [0.4, 0.5) is 5.69 Å². The van der Waals surface area contributed by atoms with E-state index in [0.717, 1.165) is 18.5 Å². The molecule has 0 aliphatic carbocycles. The maximum atomic E-state index is 12.1. The molecule has 25 heavy (non-hydrogen) atoms. The van der Waals surface area contributed by atoms with Crippen LogP contribution >= 0.6 is 35.0 Å². The van der Waals surface area contributed by atoms with E-state index in [4.69, 9.17) is 23.2 Å². The molecule has 130 valence electrons. The Kier molecular flexibility index (Phi) is 7.57. The highest BCUT2D eigenvalue weighted by molar-refractivity contribution is 7.99. The lowest BCUT2D eigenvalue weighted by molar-refractivity contribution is -0.115. The monoisotopic (exact) mass is 393 g/mol. The van der Waals surface area contributed by atoms with E-state index >= 15 is 0 Å². The number of hydrogen-bond acceptors (Lipinski definition) is 4. The molecule has 0 spiro atoms.